The van der Waals surface area contributed by atoms with Gasteiger partial charge in [0.1, 0.15) is 18.4 Å². The maximum absolute atomic E-state index is 11.1. The minimum atomic E-state index is -0.931. The van der Waals surface area contributed by atoms with Crippen LogP contribution in [0.5, 0.6) is 5.75 Å². The van der Waals surface area contributed by atoms with E-state index in [4.69, 9.17) is 10.5 Å². The van der Waals surface area contributed by atoms with Gasteiger partial charge < -0.3 is 15.2 Å². The summed E-state index contributed by atoms with van der Waals surface area (Å²) in [6.07, 6.45) is 0. The van der Waals surface area contributed by atoms with Crippen molar-refractivity contribution in [2.24, 2.45) is 5.73 Å². The fourth-order valence-corrected chi connectivity index (χ4v) is 2.57. The number of nitro groups is 1. The van der Waals surface area contributed by atoms with E-state index in [2.05, 4.69) is 36.6 Å². The zero-order valence-electron chi connectivity index (χ0n) is 9.76. The van der Waals surface area contributed by atoms with Gasteiger partial charge in [0, 0.05) is 12.1 Å². The SMILES string of the molecule is COC(=O)C(N)COc1c(Br)cc([N+](=O)[O-])cc1Br. The van der Waals surface area contributed by atoms with Gasteiger partial charge in [-0.1, -0.05) is 0 Å². The Morgan fingerprint density at radius 3 is 2.42 bits per heavy atom. The summed E-state index contributed by atoms with van der Waals surface area (Å²) >= 11 is 6.31. The van der Waals surface area contributed by atoms with Crippen LogP contribution in [-0.4, -0.2) is 30.7 Å². The Labute approximate surface area is 125 Å². The van der Waals surface area contributed by atoms with Crippen molar-refractivity contribution in [3.05, 3.63) is 31.2 Å². The molecule has 0 aliphatic heterocycles. The molecule has 1 aromatic carbocycles. The fraction of sp³-hybridized carbons (Fsp3) is 0.300. The second kappa shape index (κ2) is 6.83. The highest BCUT2D eigenvalue weighted by Crippen LogP contribution is 2.37. The highest BCUT2D eigenvalue weighted by atomic mass is 79.9. The van der Waals surface area contributed by atoms with Gasteiger partial charge in [0.05, 0.1) is 21.0 Å². The first kappa shape index (κ1) is 15.9. The topological polar surface area (TPSA) is 105 Å². The third-order valence-electron chi connectivity index (χ3n) is 2.11. The van der Waals surface area contributed by atoms with Crippen molar-refractivity contribution in [2.75, 3.05) is 13.7 Å². The van der Waals surface area contributed by atoms with E-state index in [0.29, 0.717) is 14.7 Å². The molecule has 0 fully saturated rings. The minimum absolute atomic E-state index is 0.0941. The molecule has 0 spiro atoms. The maximum Gasteiger partial charge on any atom is 0.326 e. The van der Waals surface area contributed by atoms with Gasteiger partial charge in [0.25, 0.3) is 5.69 Å². The van der Waals surface area contributed by atoms with Crippen molar-refractivity contribution in [2.45, 2.75) is 6.04 Å². The van der Waals surface area contributed by atoms with Gasteiger partial charge in [-0.15, -0.1) is 0 Å². The van der Waals surface area contributed by atoms with Crippen molar-refractivity contribution < 1.29 is 19.2 Å². The third-order valence-corrected chi connectivity index (χ3v) is 3.28. The number of hydrogen-bond donors (Lipinski definition) is 1. The molecular weight excluding hydrogens is 388 g/mol. The predicted octanol–water partition coefficient (Wildman–Crippen LogP) is 2.00. The van der Waals surface area contributed by atoms with E-state index < -0.39 is 16.9 Å². The van der Waals surface area contributed by atoms with Gasteiger partial charge in [-0.25, -0.2) is 0 Å². The number of carbonyl (C=O) groups is 1. The number of benzene rings is 1. The van der Waals surface area contributed by atoms with Crippen LogP contribution in [0.2, 0.25) is 0 Å². The van der Waals surface area contributed by atoms with E-state index >= 15 is 0 Å². The molecule has 0 heterocycles. The number of nitrogens with zero attached hydrogens (tertiary/aromatic N) is 1. The van der Waals surface area contributed by atoms with Crippen molar-refractivity contribution in [1.82, 2.24) is 0 Å². The zero-order valence-corrected chi connectivity index (χ0v) is 12.9. The molecule has 1 atom stereocenters. The maximum atomic E-state index is 11.1. The number of carbonyl (C=O) groups excluding carboxylic acids is 1. The molecule has 19 heavy (non-hydrogen) atoms. The Morgan fingerprint density at radius 2 is 2.00 bits per heavy atom. The van der Waals surface area contributed by atoms with Crippen molar-refractivity contribution in [1.29, 1.82) is 0 Å². The lowest BCUT2D eigenvalue weighted by molar-refractivity contribution is -0.385. The number of hydrogen-bond acceptors (Lipinski definition) is 6. The van der Waals surface area contributed by atoms with Crippen molar-refractivity contribution >= 4 is 43.5 Å². The van der Waals surface area contributed by atoms with Crippen LogP contribution in [0.1, 0.15) is 0 Å². The number of non-ortho nitro benzene ring substituents is 1. The van der Waals surface area contributed by atoms with Gasteiger partial charge in [-0.05, 0) is 31.9 Å². The number of ether oxygens (including phenoxy) is 2. The van der Waals surface area contributed by atoms with E-state index in [1.54, 1.807) is 0 Å². The lowest BCUT2D eigenvalue weighted by Crippen LogP contribution is -2.37. The lowest BCUT2D eigenvalue weighted by atomic mass is 10.3. The molecule has 2 N–H and O–H groups in total. The molecule has 0 radical (unpaired) electrons. The summed E-state index contributed by atoms with van der Waals surface area (Å²) in [5.74, 6) is -0.279. The number of methoxy groups -OCH3 is 1. The van der Waals surface area contributed by atoms with Crippen molar-refractivity contribution in [3.8, 4) is 5.75 Å². The van der Waals surface area contributed by atoms with E-state index in [-0.39, 0.29) is 12.3 Å². The molecule has 1 unspecified atom stereocenters. The Kier molecular flexibility index (Phi) is 5.70. The van der Waals surface area contributed by atoms with Crippen molar-refractivity contribution in [3.63, 3.8) is 0 Å². The van der Waals surface area contributed by atoms with E-state index in [0.717, 1.165) is 0 Å². The standard InChI is InChI=1S/C10H10Br2N2O5/c1-18-10(15)8(13)4-19-9-6(11)2-5(14(16)17)3-7(9)12/h2-3,8H,4,13H2,1H3. The van der Waals surface area contributed by atoms with Crippen LogP contribution < -0.4 is 10.5 Å². The van der Waals surface area contributed by atoms with Gasteiger partial charge in [-0.3, -0.25) is 14.9 Å². The largest absolute Gasteiger partial charge is 0.489 e. The number of esters is 1. The molecule has 0 amide bonds. The summed E-state index contributed by atoms with van der Waals surface area (Å²) in [7, 11) is 1.22. The summed E-state index contributed by atoms with van der Waals surface area (Å²) in [4.78, 5) is 21.2. The third kappa shape index (κ3) is 4.15. The average molecular weight is 398 g/mol. The second-order valence-electron chi connectivity index (χ2n) is 3.44. The molecular formula is C10H10Br2N2O5. The number of nitrogens with two attached hydrogens (primary N) is 1. The highest BCUT2D eigenvalue weighted by molar-refractivity contribution is 9.11. The number of nitro benzene ring substituents is 1. The Balaban J connectivity index is 2.85. The molecule has 7 nitrogen and oxygen atoms in total. The number of rotatable bonds is 5. The number of halogens is 2. The summed E-state index contributed by atoms with van der Waals surface area (Å²) in [6.45, 7) is -0.109. The first-order valence-corrected chi connectivity index (χ1v) is 6.55. The van der Waals surface area contributed by atoms with E-state index in [9.17, 15) is 14.9 Å². The van der Waals surface area contributed by atoms with Gasteiger partial charge >= 0.3 is 5.97 Å². The van der Waals surface area contributed by atoms with Crippen LogP contribution in [-0.2, 0) is 9.53 Å². The first-order chi connectivity index (χ1) is 8.86. The van der Waals surface area contributed by atoms with Gasteiger partial charge in [-0.2, -0.15) is 0 Å². The Hall–Kier alpha value is -1.19. The zero-order chi connectivity index (χ0) is 14.6. The van der Waals surface area contributed by atoms with E-state index in [1.165, 1.54) is 19.2 Å². The van der Waals surface area contributed by atoms with Crippen LogP contribution in [0.3, 0.4) is 0 Å². The predicted molar refractivity (Wildman–Crippen MR) is 74.0 cm³/mol. The fourth-order valence-electron chi connectivity index (χ4n) is 1.18. The minimum Gasteiger partial charge on any atom is -0.489 e. The van der Waals surface area contributed by atoms with Crippen LogP contribution in [0.4, 0.5) is 5.69 Å². The molecule has 0 aliphatic rings. The van der Waals surface area contributed by atoms with Crippen LogP contribution in [0, 0.1) is 10.1 Å². The molecule has 9 heteroatoms. The van der Waals surface area contributed by atoms with Gasteiger partial charge in [0.2, 0.25) is 0 Å². The van der Waals surface area contributed by atoms with Crippen LogP contribution in [0.15, 0.2) is 21.1 Å². The lowest BCUT2D eigenvalue weighted by Gasteiger charge is -2.13. The Bertz CT molecular complexity index is 486. The smallest absolute Gasteiger partial charge is 0.326 e. The molecule has 1 rings (SSSR count). The Morgan fingerprint density at radius 1 is 1.47 bits per heavy atom. The quantitative estimate of drug-likeness (QED) is 0.462. The molecule has 104 valence electrons. The second-order valence-corrected chi connectivity index (χ2v) is 5.14. The van der Waals surface area contributed by atoms with Crippen LogP contribution in [0.25, 0.3) is 0 Å². The summed E-state index contributed by atoms with van der Waals surface area (Å²) in [5.41, 5.74) is 5.42. The normalized spacial score (nSPS) is 11.8. The molecule has 0 bridgehead atoms. The molecule has 0 aromatic heterocycles. The summed E-state index contributed by atoms with van der Waals surface area (Å²) in [6, 6.07) is 1.66. The highest BCUT2D eigenvalue weighted by Gasteiger charge is 2.18. The monoisotopic (exact) mass is 396 g/mol. The molecule has 0 saturated heterocycles. The molecule has 1 aromatic rings. The average Bonchev–Trinajstić information content (AvgIpc) is 2.36. The van der Waals surface area contributed by atoms with E-state index in [1.807, 2.05) is 0 Å². The molecule has 0 saturated carbocycles. The molecule has 0 aliphatic carbocycles. The first-order valence-electron chi connectivity index (χ1n) is 4.96. The van der Waals surface area contributed by atoms with Crippen LogP contribution >= 0.6 is 31.9 Å². The summed E-state index contributed by atoms with van der Waals surface area (Å²) in [5, 5.41) is 10.7. The summed E-state index contributed by atoms with van der Waals surface area (Å²) < 4.78 is 10.6. The van der Waals surface area contributed by atoms with Gasteiger partial charge in [0.15, 0.2) is 0 Å².